The minimum absolute atomic E-state index is 0. The average molecular weight is 306 g/mol. The van der Waals surface area contributed by atoms with E-state index < -0.39 is 6.04 Å². The Balaban J connectivity index is 0.00000162. The van der Waals surface area contributed by atoms with Gasteiger partial charge in [0.25, 0.3) is 0 Å². The molecule has 0 aliphatic carbocycles. The second kappa shape index (κ2) is 6.33. The predicted molar refractivity (Wildman–Crippen MR) is 77.4 cm³/mol. The highest BCUT2D eigenvalue weighted by molar-refractivity contribution is 7.18. The van der Waals surface area contributed by atoms with Crippen LogP contribution in [0.5, 0.6) is 0 Å². The lowest BCUT2D eigenvalue weighted by atomic mass is 10.3. The first-order valence-corrected chi connectivity index (χ1v) is 6.34. The molecule has 18 heavy (non-hydrogen) atoms. The molecule has 2 aromatic rings. The maximum Gasteiger partial charge on any atom is 0.236 e. The normalized spacial score (nSPS) is 11.9. The van der Waals surface area contributed by atoms with Gasteiger partial charge in [0, 0.05) is 5.02 Å². The summed E-state index contributed by atoms with van der Waals surface area (Å²) >= 11 is 7.41. The van der Waals surface area contributed by atoms with Gasteiger partial charge in [0.2, 0.25) is 5.91 Å². The Morgan fingerprint density at radius 1 is 1.61 bits per heavy atom. The lowest BCUT2D eigenvalue weighted by Gasteiger charge is -2.04. The number of nitrogens with two attached hydrogens (primary N) is 1. The number of benzene rings is 1. The summed E-state index contributed by atoms with van der Waals surface area (Å²) in [7, 11) is 0. The number of thiazole rings is 1. The van der Waals surface area contributed by atoms with Gasteiger partial charge in [-0.25, -0.2) is 4.98 Å². The van der Waals surface area contributed by atoms with Crippen molar-refractivity contribution in [2.24, 2.45) is 5.73 Å². The van der Waals surface area contributed by atoms with E-state index in [4.69, 9.17) is 17.3 Å². The number of halogens is 2. The van der Waals surface area contributed by atoms with Gasteiger partial charge < -0.3 is 11.1 Å². The fourth-order valence-electron chi connectivity index (χ4n) is 1.35. The van der Waals surface area contributed by atoms with Gasteiger partial charge in [0.15, 0.2) is 0 Å². The standard InChI is InChI=1S/C11H12ClN3OS.ClH/c1-6(13)11(16)14-5-10-15-8-4-7(12)2-3-9(8)17-10;/h2-4,6H,5,13H2,1H3,(H,14,16);1H/t6-;/m1./s1. The molecule has 98 valence electrons. The van der Waals surface area contributed by atoms with Crippen molar-refractivity contribution in [1.82, 2.24) is 10.3 Å². The van der Waals surface area contributed by atoms with Crippen LogP contribution >= 0.6 is 35.3 Å². The zero-order valence-electron chi connectivity index (χ0n) is 9.64. The fourth-order valence-corrected chi connectivity index (χ4v) is 2.40. The second-order valence-corrected chi connectivity index (χ2v) is 5.28. The number of carbonyl (C=O) groups is 1. The topological polar surface area (TPSA) is 68.0 Å². The van der Waals surface area contributed by atoms with Crippen molar-refractivity contribution >= 4 is 51.5 Å². The number of amides is 1. The number of fused-ring (bicyclic) bond motifs is 1. The van der Waals surface area contributed by atoms with E-state index in [2.05, 4.69) is 10.3 Å². The van der Waals surface area contributed by atoms with Crippen molar-refractivity contribution in [3.63, 3.8) is 0 Å². The van der Waals surface area contributed by atoms with Gasteiger partial charge in [0.05, 0.1) is 22.8 Å². The molecule has 0 saturated carbocycles. The highest BCUT2D eigenvalue weighted by atomic mass is 35.5. The third kappa shape index (κ3) is 3.55. The van der Waals surface area contributed by atoms with E-state index in [9.17, 15) is 4.79 Å². The number of hydrogen-bond acceptors (Lipinski definition) is 4. The Bertz CT molecular complexity index is 556. The number of nitrogens with zero attached hydrogens (tertiary/aromatic N) is 1. The molecule has 0 fully saturated rings. The van der Waals surface area contributed by atoms with E-state index in [0.29, 0.717) is 11.6 Å². The third-order valence-corrected chi connectivity index (χ3v) is 3.49. The second-order valence-electron chi connectivity index (χ2n) is 3.73. The lowest BCUT2D eigenvalue weighted by molar-refractivity contribution is -0.122. The summed E-state index contributed by atoms with van der Waals surface area (Å²) in [6.45, 7) is 2.05. The van der Waals surface area contributed by atoms with Crippen LogP contribution in [0, 0.1) is 0 Å². The number of aromatic nitrogens is 1. The van der Waals surface area contributed by atoms with Crippen molar-refractivity contribution in [1.29, 1.82) is 0 Å². The Hall–Kier alpha value is -0.880. The summed E-state index contributed by atoms with van der Waals surface area (Å²) in [5.74, 6) is -0.178. The van der Waals surface area contributed by atoms with Gasteiger partial charge in [0.1, 0.15) is 5.01 Å². The van der Waals surface area contributed by atoms with Crippen LogP contribution in [0.2, 0.25) is 5.02 Å². The molecule has 1 amide bonds. The van der Waals surface area contributed by atoms with Crippen LogP contribution in [0.15, 0.2) is 18.2 Å². The first kappa shape index (κ1) is 15.2. The van der Waals surface area contributed by atoms with Crippen LogP contribution in [0.4, 0.5) is 0 Å². The Labute approximate surface area is 120 Å². The molecule has 1 atom stereocenters. The van der Waals surface area contributed by atoms with Crippen molar-refractivity contribution in [3.8, 4) is 0 Å². The Morgan fingerprint density at radius 2 is 2.33 bits per heavy atom. The van der Waals surface area contributed by atoms with Crippen molar-refractivity contribution in [3.05, 3.63) is 28.2 Å². The molecule has 4 nitrogen and oxygen atoms in total. The van der Waals surface area contributed by atoms with Gasteiger partial charge in [-0.1, -0.05) is 11.6 Å². The minimum Gasteiger partial charge on any atom is -0.348 e. The summed E-state index contributed by atoms with van der Waals surface area (Å²) < 4.78 is 1.06. The quantitative estimate of drug-likeness (QED) is 0.914. The SMILES string of the molecule is C[C@@H](N)C(=O)NCc1nc2cc(Cl)ccc2s1.Cl. The molecule has 1 heterocycles. The zero-order chi connectivity index (χ0) is 12.4. The van der Waals surface area contributed by atoms with Gasteiger partial charge in [-0.05, 0) is 25.1 Å². The summed E-state index contributed by atoms with van der Waals surface area (Å²) in [4.78, 5) is 15.7. The van der Waals surface area contributed by atoms with Crippen molar-refractivity contribution < 1.29 is 4.79 Å². The first-order valence-electron chi connectivity index (χ1n) is 5.14. The molecule has 7 heteroatoms. The van der Waals surface area contributed by atoms with Crippen LogP contribution in [-0.2, 0) is 11.3 Å². The largest absolute Gasteiger partial charge is 0.348 e. The average Bonchev–Trinajstić information content (AvgIpc) is 2.67. The Morgan fingerprint density at radius 3 is 3.00 bits per heavy atom. The van der Waals surface area contributed by atoms with E-state index in [1.807, 2.05) is 18.2 Å². The lowest BCUT2D eigenvalue weighted by Crippen LogP contribution is -2.37. The van der Waals surface area contributed by atoms with E-state index in [1.165, 1.54) is 11.3 Å². The Kier molecular flexibility index (Phi) is 5.34. The summed E-state index contributed by atoms with van der Waals surface area (Å²) in [6, 6.07) is 5.06. The number of carbonyl (C=O) groups excluding carboxylic acids is 1. The summed E-state index contributed by atoms with van der Waals surface area (Å²) in [6.07, 6.45) is 0. The molecule has 1 aromatic heterocycles. The van der Waals surface area contributed by atoms with Gasteiger partial charge >= 0.3 is 0 Å². The van der Waals surface area contributed by atoms with E-state index >= 15 is 0 Å². The molecule has 0 saturated heterocycles. The minimum atomic E-state index is -0.501. The molecular weight excluding hydrogens is 293 g/mol. The summed E-state index contributed by atoms with van der Waals surface area (Å²) in [5.41, 5.74) is 6.30. The smallest absolute Gasteiger partial charge is 0.236 e. The highest BCUT2D eigenvalue weighted by Crippen LogP contribution is 2.24. The molecule has 0 aliphatic heterocycles. The van der Waals surface area contributed by atoms with Gasteiger partial charge in [-0.2, -0.15) is 0 Å². The van der Waals surface area contributed by atoms with Crippen LogP contribution in [-0.4, -0.2) is 16.9 Å². The molecule has 0 spiro atoms. The highest BCUT2D eigenvalue weighted by Gasteiger charge is 2.09. The molecular formula is C11H13Cl2N3OS. The van der Waals surface area contributed by atoms with Crippen LogP contribution in [0.1, 0.15) is 11.9 Å². The monoisotopic (exact) mass is 305 g/mol. The molecule has 0 unspecified atom stereocenters. The van der Waals surface area contributed by atoms with Gasteiger partial charge in [-0.15, -0.1) is 23.7 Å². The maximum absolute atomic E-state index is 11.3. The summed E-state index contributed by atoms with van der Waals surface area (Å²) in [5, 5.41) is 4.23. The molecule has 3 N–H and O–H groups in total. The molecule has 2 rings (SSSR count). The van der Waals surface area contributed by atoms with E-state index in [-0.39, 0.29) is 18.3 Å². The third-order valence-electron chi connectivity index (χ3n) is 2.22. The van der Waals surface area contributed by atoms with Crippen LogP contribution in [0.3, 0.4) is 0 Å². The number of rotatable bonds is 3. The zero-order valence-corrected chi connectivity index (χ0v) is 12.0. The first-order chi connectivity index (χ1) is 8.06. The fraction of sp³-hybridized carbons (Fsp3) is 0.273. The predicted octanol–water partition coefficient (Wildman–Crippen LogP) is 2.33. The number of hydrogen-bond donors (Lipinski definition) is 2. The maximum atomic E-state index is 11.3. The molecule has 0 bridgehead atoms. The number of nitrogens with one attached hydrogen (secondary N) is 1. The van der Waals surface area contributed by atoms with Crippen molar-refractivity contribution in [2.45, 2.75) is 19.5 Å². The molecule has 1 aromatic carbocycles. The van der Waals surface area contributed by atoms with E-state index in [1.54, 1.807) is 6.92 Å². The van der Waals surface area contributed by atoms with Crippen LogP contribution < -0.4 is 11.1 Å². The van der Waals surface area contributed by atoms with E-state index in [0.717, 1.165) is 15.2 Å². The van der Waals surface area contributed by atoms with Crippen LogP contribution in [0.25, 0.3) is 10.2 Å². The van der Waals surface area contributed by atoms with Gasteiger partial charge in [-0.3, -0.25) is 4.79 Å². The molecule has 0 radical (unpaired) electrons. The van der Waals surface area contributed by atoms with Crippen molar-refractivity contribution in [2.75, 3.05) is 0 Å². The molecule has 0 aliphatic rings.